The third-order valence-electron chi connectivity index (χ3n) is 4.45. The predicted molar refractivity (Wildman–Crippen MR) is 117 cm³/mol. The van der Waals surface area contributed by atoms with E-state index in [1.54, 1.807) is 48.1 Å². The molecule has 0 saturated carbocycles. The van der Waals surface area contributed by atoms with Gasteiger partial charge < -0.3 is 19.5 Å². The Morgan fingerprint density at radius 2 is 1.73 bits per heavy atom. The minimum Gasteiger partial charge on any atom is -0.497 e. The smallest absolute Gasteiger partial charge is 0.262 e. The highest BCUT2D eigenvalue weighted by Gasteiger charge is 2.16. The van der Waals surface area contributed by atoms with Gasteiger partial charge in [0.05, 0.1) is 38.0 Å². The summed E-state index contributed by atoms with van der Waals surface area (Å²) < 4.78 is 17.2. The molecule has 8 nitrogen and oxygen atoms in total. The lowest BCUT2D eigenvalue weighted by Gasteiger charge is -2.13. The van der Waals surface area contributed by atoms with Crippen LogP contribution in [0.1, 0.15) is 6.92 Å². The van der Waals surface area contributed by atoms with E-state index in [0.717, 1.165) is 0 Å². The average Bonchev–Trinajstić information content (AvgIpc) is 2.77. The highest BCUT2D eigenvalue weighted by Crippen LogP contribution is 2.31. The Hall–Kier alpha value is -3.20. The van der Waals surface area contributed by atoms with Gasteiger partial charge in [0.2, 0.25) is 5.91 Å². The van der Waals surface area contributed by atoms with Crippen molar-refractivity contribution in [3.8, 4) is 17.2 Å². The van der Waals surface area contributed by atoms with Crippen molar-refractivity contribution in [2.75, 3.05) is 32.4 Å². The molecule has 0 saturated heterocycles. The van der Waals surface area contributed by atoms with Gasteiger partial charge in [-0.15, -0.1) is 0 Å². The summed E-state index contributed by atoms with van der Waals surface area (Å²) in [7, 11) is 4.62. The molecule has 0 atom stereocenters. The average molecular weight is 429 g/mol. The molecule has 9 heteroatoms. The number of nitrogens with one attached hydrogen (secondary N) is 1. The Labute approximate surface area is 178 Å². The number of ether oxygens (including phenoxy) is 3. The molecule has 0 radical (unpaired) electrons. The van der Waals surface area contributed by atoms with Crippen molar-refractivity contribution < 1.29 is 19.0 Å². The molecule has 0 aliphatic heterocycles. The number of hydrogen-bond donors (Lipinski definition) is 1. The fourth-order valence-corrected chi connectivity index (χ4v) is 3.78. The number of methoxy groups -OCH3 is 3. The van der Waals surface area contributed by atoms with Gasteiger partial charge in [-0.3, -0.25) is 14.2 Å². The number of carbonyl (C=O) groups excluding carboxylic acids is 1. The zero-order valence-corrected chi connectivity index (χ0v) is 18.0. The molecule has 1 N–H and O–H groups in total. The number of anilines is 1. The number of rotatable bonds is 8. The normalized spacial score (nSPS) is 10.7. The first-order chi connectivity index (χ1) is 14.5. The monoisotopic (exact) mass is 429 g/mol. The van der Waals surface area contributed by atoms with Gasteiger partial charge >= 0.3 is 0 Å². The Bertz CT molecular complexity index is 1110. The zero-order chi connectivity index (χ0) is 21.7. The summed E-state index contributed by atoms with van der Waals surface area (Å²) in [5, 5.41) is 3.72. The molecule has 0 fully saturated rings. The molecule has 0 aliphatic carbocycles. The Balaban J connectivity index is 1.83. The second-order valence-corrected chi connectivity index (χ2v) is 7.18. The van der Waals surface area contributed by atoms with Crippen LogP contribution in [0.25, 0.3) is 10.9 Å². The SMILES string of the molecule is CCn1c(SCC(=O)Nc2ccc(OC)cc2)nc2cc(OC)c(OC)cc2c1=O. The number of aromatic nitrogens is 2. The maximum atomic E-state index is 12.9. The number of carbonyl (C=O) groups is 1. The zero-order valence-electron chi connectivity index (χ0n) is 17.2. The fourth-order valence-electron chi connectivity index (χ4n) is 2.92. The van der Waals surface area contributed by atoms with Crippen molar-refractivity contribution in [2.45, 2.75) is 18.6 Å². The van der Waals surface area contributed by atoms with Gasteiger partial charge in [-0.05, 0) is 37.3 Å². The van der Waals surface area contributed by atoms with Crippen LogP contribution in [-0.2, 0) is 11.3 Å². The third kappa shape index (κ3) is 4.51. The second kappa shape index (κ2) is 9.53. The van der Waals surface area contributed by atoms with Crippen LogP contribution < -0.4 is 25.1 Å². The van der Waals surface area contributed by atoms with E-state index in [4.69, 9.17) is 14.2 Å². The first-order valence-corrected chi connectivity index (χ1v) is 10.2. The van der Waals surface area contributed by atoms with Crippen LogP contribution in [0.5, 0.6) is 17.2 Å². The van der Waals surface area contributed by atoms with Gasteiger partial charge in [-0.1, -0.05) is 11.8 Å². The summed E-state index contributed by atoms with van der Waals surface area (Å²) >= 11 is 1.20. The summed E-state index contributed by atoms with van der Waals surface area (Å²) in [6.07, 6.45) is 0. The minimum absolute atomic E-state index is 0.108. The topological polar surface area (TPSA) is 91.7 Å². The summed E-state index contributed by atoms with van der Waals surface area (Å²) in [5.41, 5.74) is 0.958. The van der Waals surface area contributed by atoms with E-state index < -0.39 is 0 Å². The molecular formula is C21H23N3O5S. The second-order valence-electron chi connectivity index (χ2n) is 6.23. The van der Waals surface area contributed by atoms with Crippen molar-refractivity contribution in [2.24, 2.45) is 0 Å². The van der Waals surface area contributed by atoms with Gasteiger partial charge in [-0.2, -0.15) is 0 Å². The van der Waals surface area contributed by atoms with E-state index in [9.17, 15) is 9.59 Å². The summed E-state index contributed by atoms with van der Waals surface area (Å²) in [6.45, 7) is 2.29. The number of thioether (sulfide) groups is 1. The van der Waals surface area contributed by atoms with E-state index in [2.05, 4.69) is 10.3 Å². The number of amides is 1. The van der Waals surface area contributed by atoms with E-state index in [1.807, 2.05) is 6.92 Å². The molecule has 1 heterocycles. The van der Waals surface area contributed by atoms with Crippen LogP contribution in [0.3, 0.4) is 0 Å². The Kier molecular flexibility index (Phi) is 6.83. The molecule has 0 unspecified atom stereocenters. The van der Waals surface area contributed by atoms with E-state index in [-0.39, 0.29) is 17.2 Å². The number of benzene rings is 2. The largest absolute Gasteiger partial charge is 0.497 e. The van der Waals surface area contributed by atoms with E-state index in [0.29, 0.717) is 45.5 Å². The Morgan fingerprint density at radius 1 is 1.07 bits per heavy atom. The molecule has 0 spiro atoms. The number of hydrogen-bond acceptors (Lipinski definition) is 7. The van der Waals surface area contributed by atoms with Crippen LogP contribution in [0.2, 0.25) is 0 Å². The molecule has 0 aliphatic rings. The molecule has 0 bridgehead atoms. The van der Waals surface area contributed by atoms with Crippen molar-refractivity contribution in [1.29, 1.82) is 0 Å². The lowest BCUT2D eigenvalue weighted by molar-refractivity contribution is -0.113. The maximum absolute atomic E-state index is 12.9. The Morgan fingerprint density at radius 3 is 2.33 bits per heavy atom. The molecular weight excluding hydrogens is 406 g/mol. The van der Waals surface area contributed by atoms with Crippen LogP contribution >= 0.6 is 11.8 Å². The molecule has 2 aromatic carbocycles. The van der Waals surface area contributed by atoms with Gasteiger partial charge in [0.15, 0.2) is 16.7 Å². The van der Waals surface area contributed by atoms with Gasteiger partial charge in [0.1, 0.15) is 5.75 Å². The first-order valence-electron chi connectivity index (χ1n) is 9.24. The van der Waals surface area contributed by atoms with Gasteiger partial charge in [-0.25, -0.2) is 4.98 Å². The lowest BCUT2D eigenvalue weighted by Crippen LogP contribution is -2.23. The highest BCUT2D eigenvalue weighted by molar-refractivity contribution is 7.99. The van der Waals surface area contributed by atoms with Crippen molar-refractivity contribution in [3.05, 3.63) is 46.8 Å². The molecule has 158 valence electrons. The minimum atomic E-state index is -0.200. The van der Waals surface area contributed by atoms with Crippen molar-refractivity contribution >= 4 is 34.3 Å². The first kappa shape index (κ1) is 21.5. The molecule has 1 amide bonds. The summed E-state index contributed by atoms with van der Waals surface area (Å²) in [5.74, 6) is 1.57. The third-order valence-corrected chi connectivity index (χ3v) is 5.42. The predicted octanol–water partition coefficient (Wildman–Crippen LogP) is 3.17. The van der Waals surface area contributed by atoms with Crippen molar-refractivity contribution in [1.82, 2.24) is 9.55 Å². The van der Waals surface area contributed by atoms with Crippen LogP contribution in [0, 0.1) is 0 Å². The van der Waals surface area contributed by atoms with Gasteiger partial charge in [0.25, 0.3) is 5.56 Å². The van der Waals surface area contributed by atoms with Gasteiger partial charge in [0, 0.05) is 18.3 Å². The number of fused-ring (bicyclic) bond motifs is 1. The quantitative estimate of drug-likeness (QED) is 0.434. The summed E-state index contributed by atoms with van der Waals surface area (Å²) in [6, 6.07) is 10.3. The molecule has 3 aromatic rings. The number of nitrogens with zero attached hydrogens (tertiary/aromatic N) is 2. The molecule has 3 rings (SSSR count). The maximum Gasteiger partial charge on any atom is 0.262 e. The van der Waals surface area contributed by atoms with Crippen molar-refractivity contribution in [3.63, 3.8) is 0 Å². The lowest BCUT2D eigenvalue weighted by atomic mass is 10.2. The molecule has 1 aromatic heterocycles. The standard InChI is InChI=1S/C21H23N3O5S/c1-5-24-20(26)15-10-17(28-3)18(29-4)11-16(15)23-21(24)30-12-19(25)22-13-6-8-14(27-2)9-7-13/h6-11H,5,12H2,1-4H3,(H,22,25). The molecule has 30 heavy (non-hydrogen) atoms. The summed E-state index contributed by atoms with van der Waals surface area (Å²) in [4.78, 5) is 29.9. The highest BCUT2D eigenvalue weighted by atomic mass is 32.2. The fraction of sp³-hybridized carbons (Fsp3) is 0.286. The van der Waals surface area contributed by atoms with Crippen LogP contribution in [0.4, 0.5) is 5.69 Å². The van der Waals surface area contributed by atoms with Crippen LogP contribution in [0.15, 0.2) is 46.3 Å². The van der Waals surface area contributed by atoms with E-state index >= 15 is 0 Å². The van der Waals surface area contributed by atoms with E-state index in [1.165, 1.54) is 26.0 Å². The van der Waals surface area contributed by atoms with Crippen LogP contribution in [-0.4, -0.2) is 42.5 Å².